The van der Waals surface area contributed by atoms with Crippen molar-refractivity contribution in [2.75, 3.05) is 0 Å². The lowest BCUT2D eigenvalue weighted by Crippen LogP contribution is -2.27. The molecular weight excluding hydrogens is 102 g/mol. The fourth-order valence-corrected chi connectivity index (χ4v) is 0.287. The molecule has 3 heteroatoms. The van der Waals surface area contributed by atoms with E-state index in [1.807, 2.05) is 6.92 Å². The number of hydrogen-bond donors (Lipinski definition) is 2. The molecule has 0 aliphatic carbocycles. The summed E-state index contributed by atoms with van der Waals surface area (Å²) in [5, 5.41) is 14.9. The molecule has 0 radical (unpaired) electrons. The molecule has 8 heavy (non-hydrogen) atoms. The fourth-order valence-electron chi connectivity index (χ4n) is 0.287. The van der Waals surface area contributed by atoms with Crippen molar-refractivity contribution in [3.8, 4) is 6.07 Å². The van der Waals surface area contributed by atoms with Crippen molar-refractivity contribution in [2.45, 2.75) is 19.4 Å². The predicted octanol–water partition coefficient (Wildman–Crippen LogP) is 0.267. The molecule has 0 rings (SSSR count). The first-order valence-corrected chi connectivity index (χ1v) is 2.46. The first-order chi connectivity index (χ1) is 3.72. The van der Waals surface area contributed by atoms with Crippen LogP contribution in [0.1, 0.15) is 13.3 Å². The third-order valence-corrected chi connectivity index (χ3v) is 0.931. The van der Waals surface area contributed by atoms with Gasteiger partial charge in [0.1, 0.15) is 11.8 Å². The van der Waals surface area contributed by atoms with E-state index in [1.165, 1.54) is 0 Å². The summed E-state index contributed by atoms with van der Waals surface area (Å²) < 4.78 is 0. The van der Waals surface area contributed by atoms with Crippen molar-refractivity contribution in [1.29, 1.82) is 10.7 Å². The Morgan fingerprint density at radius 3 is 2.62 bits per heavy atom. The second-order valence-corrected chi connectivity index (χ2v) is 1.54. The quantitative estimate of drug-likeness (QED) is 0.502. The highest BCUT2D eigenvalue weighted by molar-refractivity contribution is 5.99. The predicted molar refractivity (Wildman–Crippen MR) is 31.6 cm³/mol. The minimum atomic E-state index is -0.361. The number of hydrogen-bond acceptors (Lipinski definition) is 3. The molecule has 0 heterocycles. The minimum Gasteiger partial charge on any atom is -0.322 e. The van der Waals surface area contributed by atoms with Gasteiger partial charge in [0.2, 0.25) is 0 Å². The SMILES string of the molecule is CCC(N)C(=N)C#N. The first-order valence-electron chi connectivity index (χ1n) is 2.46. The zero-order valence-corrected chi connectivity index (χ0v) is 4.81. The Morgan fingerprint density at radius 2 is 2.50 bits per heavy atom. The van der Waals surface area contributed by atoms with Gasteiger partial charge in [0.25, 0.3) is 0 Å². The van der Waals surface area contributed by atoms with Gasteiger partial charge in [0.05, 0.1) is 6.04 Å². The molecule has 0 aromatic heterocycles. The van der Waals surface area contributed by atoms with Crippen molar-refractivity contribution < 1.29 is 0 Å². The highest BCUT2D eigenvalue weighted by Gasteiger charge is 2.02. The van der Waals surface area contributed by atoms with Crippen molar-refractivity contribution >= 4 is 5.71 Å². The molecule has 0 aromatic carbocycles. The molecule has 1 atom stereocenters. The van der Waals surface area contributed by atoms with Crippen LogP contribution in [0.2, 0.25) is 0 Å². The van der Waals surface area contributed by atoms with Crippen LogP contribution in [0.5, 0.6) is 0 Å². The van der Waals surface area contributed by atoms with Crippen molar-refractivity contribution in [1.82, 2.24) is 0 Å². The minimum absolute atomic E-state index is 0.0347. The van der Waals surface area contributed by atoms with E-state index in [1.54, 1.807) is 6.07 Å². The van der Waals surface area contributed by atoms with Gasteiger partial charge in [0, 0.05) is 0 Å². The lowest BCUT2D eigenvalue weighted by Gasteiger charge is -2.00. The second kappa shape index (κ2) is 3.16. The Hall–Kier alpha value is -0.880. The van der Waals surface area contributed by atoms with E-state index in [-0.39, 0.29) is 11.8 Å². The van der Waals surface area contributed by atoms with E-state index < -0.39 is 0 Å². The van der Waals surface area contributed by atoms with Crippen LogP contribution < -0.4 is 5.73 Å². The third-order valence-electron chi connectivity index (χ3n) is 0.931. The van der Waals surface area contributed by atoms with E-state index in [4.69, 9.17) is 16.4 Å². The summed E-state index contributed by atoms with van der Waals surface area (Å²) in [5.41, 5.74) is 5.25. The van der Waals surface area contributed by atoms with Gasteiger partial charge in [-0.25, -0.2) is 0 Å². The van der Waals surface area contributed by atoms with Crippen LogP contribution in [-0.4, -0.2) is 11.8 Å². The van der Waals surface area contributed by atoms with Gasteiger partial charge in [-0.1, -0.05) is 6.92 Å². The van der Waals surface area contributed by atoms with E-state index in [0.29, 0.717) is 6.42 Å². The topological polar surface area (TPSA) is 73.7 Å². The lowest BCUT2D eigenvalue weighted by molar-refractivity contribution is 0.819. The van der Waals surface area contributed by atoms with Crippen LogP contribution in [-0.2, 0) is 0 Å². The van der Waals surface area contributed by atoms with Crippen LogP contribution in [0.4, 0.5) is 0 Å². The first kappa shape index (κ1) is 7.12. The number of nitriles is 1. The number of nitrogens with two attached hydrogens (primary N) is 1. The number of nitrogens with one attached hydrogen (secondary N) is 1. The molecule has 0 saturated carbocycles. The fraction of sp³-hybridized carbons (Fsp3) is 0.600. The number of rotatable bonds is 2. The highest BCUT2D eigenvalue weighted by atomic mass is 14.7. The highest BCUT2D eigenvalue weighted by Crippen LogP contribution is 1.85. The Labute approximate surface area is 48.6 Å². The maximum atomic E-state index is 8.08. The summed E-state index contributed by atoms with van der Waals surface area (Å²) in [5.74, 6) is 0. The van der Waals surface area contributed by atoms with E-state index >= 15 is 0 Å². The van der Waals surface area contributed by atoms with Gasteiger partial charge in [0.15, 0.2) is 0 Å². The van der Waals surface area contributed by atoms with Gasteiger partial charge in [-0.05, 0) is 6.42 Å². The van der Waals surface area contributed by atoms with Crippen LogP contribution in [0, 0.1) is 16.7 Å². The lowest BCUT2D eigenvalue weighted by atomic mass is 10.1. The molecule has 1 unspecified atom stereocenters. The molecule has 0 aliphatic heterocycles. The van der Waals surface area contributed by atoms with Gasteiger partial charge >= 0.3 is 0 Å². The molecule has 0 aliphatic rings. The molecule has 44 valence electrons. The summed E-state index contributed by atoms with van der Waals surface area (Å²) in [6.45, 7) is 1.84. The Kier molecular flexibility index (Phi) is 2.82. The summed E-state index contributed by atoms with van der Waals surface area (Å²) >= 11 is 0. The average molecular weight is 111 g/mol. The van der Waals surface area contributed by atoms with Crippen LogP contribution >= 0.6 is 0 Å². The zero-order chi connectivity index (χ0) is 6.57. The van der Waals surface area contributed by atoms with E-state index in [0.717, 1.165) is 0 Å². The second-order valence-electron chi connectivity index (χ2n) is 1.54. The molecule has 0 bridgehead atoms. The third kappa shape index (κ3) is 1.71. The molecule has 0 spiro atoms. The van der Waals surface area contributed by atoms with Crippen LogP contribution in [0.15, 0.2) is 0 Å². The molecule has 3 nitrogen and oxygen atoms in total. The molecule has 3 N–H and O–H groups in total. The largest absolute Gasteiger partial charge is 0.322 e. The van der Waals surface area contributed by atoms with Crippen LogP contribution in [0.3, 0.4) is 0 Å². The Bertz CT molecular complexity index is 122. The molecule has 0 amide bonds. The average Bonchev–Trinajstić information content (AvgIpc) is 1.84. The zero-order valence-electron chi connectivity index (χ0n) is 4.81. The molecule has 0 saturated heterocycles. The van der Waals surface area contributed by atoms with Gasteiger partial charge in [-0.15, -0.1) is 0 Å². The standard InChI is InChI=1S/C5H9N3/c1-2-4(7)5(8)3-6/h4,8H,2,7H2,1H3. The maximum Gasteiger partial charge on any atom is 0.125 e. The Morgan fingerprint density at radius 1 is 2.00 bits per heavy atom. The summed E-state index contributed by atoms with van der Waals surface area (Å²) in [7, 11) is 0. The maximum absolute atomic E-state index is 8.08. The van der Waals surface area contributed by atoms with E-state index in [2.05, 4.69) is 0 Å². The van der Waals surface area contributed by atoms with Gasteiger partial charge in [-0.2, -0.15) is 5.26 Å². The Balaban J connectivity index is 3.68. The van der Waals surface area contributed by atoms with E-state index in [9.17, 15) is 0 Å². The van der Waals surface area contributed by atoms with Gasteiger partial charge < -0.3 is 5.73 Å². The summed E-state index contributed by atoms with van der Waals surface area (Å²) in [6, 6.07) is 1.31. The molecule has 0 fully saturated rings. The van der Waals surface area contributed by atoms with Gasteiger partial charge in [-0.3, -0.25) is 5.41 Å². The van der Waals surface area contributed by atoms with Crippen LogP contribution in [0.25, 0.3) is 0 Å². The van der Waals surface area contributed by atoms with Crippen molar-refractivity contribution in [2.24, 2.45) is 5.73 Å². The van der Waals surface area contributed by atoms with Crippen molar-refractivity contribution in [3.05, 3.63) is 0 Å². The van der Waals surface area contributed by atoms with Crippen molar-refractivity contribution in [3.63, 3.8) is 0 Å². The number of nitrogens with zero attached hydrogens (tertiary/aromatic N) is 1. The molecule has 0 aromatic rings. The monoisotopic (exact) mass is 111 g/mol. The smallest absolute Gasteiger partial charge is 0.125 e. The molecular formula is C5H9N3. The normalized spacial score (nSPS) is 12.1. The summed E-state index contributed by atoms with van der Waals surface area (Å²) in [4.78, 5) is 0. The summed E-state index contributed by atoms with van der Waals surface area (Å²) in [6.07, 6.45) is 0.659.